The molecule has 3 nitrogen and oxygen atoms in total. The van der Waals surface area contributed by atoms with Crippen LogP contribution in [0.15, 0.2) is 34.9 Å². The Morgan fingerprint density at radius 2 is 2.22 bits per heavy atom. The number of benzene rings is 1. The molecule has 3 rings (SSSR count). The zero-order chi connectivity index (χ0) is 12.4. The number of hydrogen-bond acceptors (Lipinski definition) is 3. The summed E-state index contributed by atoms with van der Waals surface area (Å²) in [5.74, 6) is 2.02. The lowest BCUT2D eigenvalue weighted by atomic mass is 10.0. The molecule has 0 atom stereocenters. The molecule has 0 bridgehead atoms. The Labute approximate surface area is 107 Å². The molecule has 18 heavy (non-hydrogen) atoms. The molecule has 1 aromatic heterocycles. The molecule has 3 heteroatoms. The molecule has 0 fully saturated rings. The van der Waals surface area contributed by atoms with Crippen LogP contribution < -0.4 is 10.1 Å². The lowest BCUT2D eigenvalue weighted by Gasteiger charge is -2.05. The van der Waals surface area contributed by atoms with Gasteiger partial charge in [0.1, 0.15) is 11.5 Å². The van der Waals surface area contributed by atoms with Gasteiger partial charge in [0.15, 0.2) is 0 Å². The number of nitrogens with one attached hydrogen (secondary N) is 1. The van der Waals surface area contributed by atoms with E-state index in [1.807, 2.05) is 6.07 Å². The Kier molecular flexibility index (Phi) is 3.07. The quantitative estimate of drug-likeness (QED) is 0.896. The Balaban J connectivity index is 1.92. The fourth-order valence-electron chi connectivity index (χ4n) is 2.33. The highest BCUT2D eigenvalue weighted by Gasteiger charge is 2.15. The summed E-state index contributed by atoms with van der Waals surface area (Å²) in [4.78, 5) is 0. The molecule has 0 spiro atoms. The van der Waals surface area contributed by atoms with Crippen molar-refractivity contribution in [3.63, 3.8) is 0 Å². The molecule has 0 radical (unpaired) electrons. The standard InChI is InChI=1S/C15H17NO2/c1-2-16-10-15-13(6-8-18-15)11-3-4-14-12(9-11)5-7-17-14/h3-4,6,8-9,16H,2,5,7,10H2,1H3. The van der Waals surface area contributed by atoms with Crippen molar-refractivity contribution >= 4 is 0 Å². The highest BCUT2D eigenvalue weighted by atomic mass is 16.5. The molecule has 0 unspecified atom stereocenters. The van der Waals surface area contributed by atoms with Gasteiger partial charge in [0.05, 0.1) is 19.4 Å². The molecule has 0 amide bonds. The molecular formula is C15H17NO2. The van der Waals surface area contributed by atoms with E-state index in [-0.39, 0.29) is 0 Å². The molecule has 1 aliphatic rings. The summed E-state index contributed by atoms with van der Waals surface area (Å²) in [6, 6.07) is 8.40. The maximum Gasteiger partial charge on any atom is 0.125 e. The summed E-state index contributed by atoms with van der Waals surface area (Å²) in [7, 11) is 0. The first-order valence-corrected chi connectivity index (χ1v) is 6.41. The van der Waals surface area contributed by atoms with Crippen LogP contribution in [0, 0.1) is 0 Å². The van der Waals surface area contributed by atoms with E-state index < -0.39 is 0 Å². The van der Waals surface area contributed by atoms with Crippen LogP contribution in [0.2, 0.25) is 0 Å². The zero-order valence-corrected chi connectivity index (χ0v) is 10.5. The van der Waals surface area contributed by atoms with Crippen molar-refractivity contribution in [2.45, 2.75) is 19.9 Å². The van der Waals surface area contributed by atoms with E-state index in [9.17, 15) is 0 Å². The summed E-state index contributed by atoms with van der Waals surface area (Å²) < 4.78 is 11.1. The van der Waals surface area contributed by atoms with E-state index in [1.54, 1.807) is 6.26 Å². The van der Waals surface area contributed by atoms with Crippen LogP contribution in [0.4, 0.5) is 0 Å². The number of rotatable bonds is 4. The van der Waals surface area contributed by atoms with Gasteiger partial charge in [0.25, 0.3) is 0 Å². The number of hydrogen-bond donors (Lipinski definition) is 1. The molecule has 0 aliphatic carbocycles. The predicted octanol–water partition coefficient (Wildman–Crippen LogP) is 2.99. The second-order valence-electron chi connectivity index (χ2n) is 4.46. The van der Waals surface area contributed by atoms with Crippen molar-refractivity contribution in [1.82, 2.24) is 5.32 Å². The monoisotopic (exact) mass is 243 g/mol. The predicted molar refractivity (Wildman–Crippen MR) is 70.7 cm³/mol. The van der Waals surface area contributed by atoms with Gasteiger partial charge in [-0.1, -0.05) is 13.0 Å². The SMILES string of the molecule is CCNCc1occc1-c1ccc2c(c1)CCO2. The van der Waals surface area contributed by atoms with Gasteiger partial charge in [-0.15, -0.1) is 0 Å². The van der Waals surface area contributed by atoms with E-state index in [0.717, 1.165) is 37.6 Å². The van der Waals surface area contributed by atoms with E-state index in [1.165, 1.54) is 16.7 Å². The third kappa shape index (κ3) is 2.02. The molecule has 1 aliphatic heterocycles. The average molecular weight is 243 g/mol. The second kappa shape index (κ2) is 4.86. The Morgan fingerprint density at radius 3 is 3.11 bits per heavy atom. The molecule has 2 heterocycles. The van der Waals surface area contributed by atoms with Crippen molar-refractivity contribution in [1.29, 1.82) is 0 Å². The fraction of sp³-hybridized carbons (Fsp3) is 0.333. The normalized spacial score (nSPS) is 13.4. The highest BCUT2D eigenvalue weighted by Crippen LogP contribution is 2.32. The third-order valence-corrected chi connectivity index (χ3v) is 3.28. The van der Waals surface area contributed by atoms with Gasteiger partial charge in [-0.2, -0.15) is 0 Å². The van der Waals surface area contributed by atoms with Gasteiger partial charge in [-0.05, 0) is 35.9 Å². The molecular weight excluding hydrogens is 226 g/mol. The van der Waals surface area contributed by atoms with Crippen LogP contribution in [-0.2, 0) is 13.0 Å². The first-order chi connectivity index (χ1) is 8.88. The summed E-state index contributed by atoms with van der Waals surface area (Å²) in [6.45, 7) is 4.61. The lowest BCUT2D eigenvalue weighted by molar-refractivity contribution is 0.357. The molecule has 1 aromatic carbocycles. The van der Waals surface area contributed by atoms with Gasteiger partial charge in [-0.25, -0.2) is 0 Å². The van der Waals surface area contributed by atoms with Crippen molar-refractivity contribution < 1.29 is 9.15 Å². The van der Waals surface area contributed by atoms with E-state index in [0.29, 0.717) is 0 Å². The maximum atomic E-state index is 5.55. The Bertz CT molecular complexity index is 545. The van der Waals surface area contributed by atoms with Crippen LogP contribution in [0.25, 0.3) is 11.1 Å². The number of ether oxygens (including phenoxy) is 1. The topological polar surface area (TPSA) is 34.4 Å². The van der Waals surface area contributed by atoms with Gasteiger partial charge in [0, 0.05) is 12.0 Å². The van der Waals surface area contributed by atoms with Crippen molar-refractivity contribution in [3.05, 3.63) is 41.9 Å². The van der Waals surface area contributed by atoms with Crippen molar-refractivity contribution in [2.75, 3.05) is 13.2 Å². The third-order valence-electron chi connectivity index (χ3n) is 3.28. The largest absolute Gasteiger partial charge is 0.493 e. The first kappa shape index (κ1) is 11.4. The van der Waals surface area contributed by atoms with Crippen LogP contribution in [-0.4, -0.2) is 13.2 Å². The van der Waals surface area contributed by atoms with E-state index in [4.69, 9.17) is 9.15 Å². The minimum absolute atomic E-state index is 0.770. The average Bonchev–Trinajstić information content (AvgIpc) is 3.03. The molecule has 94 valence electrons. The Morgan fingerprint density at radius 1 is 1.28 bits per heavy atom. The molecule has 2 aromatic rings. The summed E-state index contributed by atoms with van der Waals surface area (Å²) in [5, 5.41) is 3.29. The van der Waals surface area contributed by atoms with E-state index >= 15 is 0 Å². The second-order valence-corrected chi connectivity index (χ2v) is 4.46. The smallest absolute Gasteiger partial charge is 0.125 e. The van der Waals surface area contributed by atoms with Crippen LogP contribution in [0.1, 0.15) is 18.2 Å². The van der Waals surface area contributed by atoms with Crippen molar-refractivity contribution in [3.8, 4) is 16.9 Å². The van der Waals surface area contributed by atoms with Gasteiger partial charge in [-0.3, -0.25) is 0 Å². The highest BCUT2D eigenvalue weighted by molar-refractivity contribution is 5.67. The van der Waals surface area contributed by atoms with Crippen LogP contribution >= 0.6 is 0 Å². The van der Waals surface area contributed by atoms with Crippen LogP contribution in [0.5, 0.6) is 5.75 Å². The zero-order valence-electron chi connectivity index (χ0n) is 10.5. The maximum absolute atomic E-state index is 5.55. The Hall–Kier alpha value is -1.74. The summed E-state index contributed by atoms with van der Waals surface area (Å²) >= 11 is 0. The molecule has 1 N–H and O–H groups in total. The minimum atomic E-state index is 0.770. The van der Waals surface area contributed by atoms with Crippen molar-refractivity contribution in [2.24, 2.45) is 0 Å². The van der Waals surface area contributed by atoms with Gasteiger partial charge < -0.3 is 14.5 Å². The number of fused-ring (bicyclic) bond motifs is 1. The molecule has 0 saturated carbocycles. The number of furan rings is 1. The minimum Gasteiger partial charge on any atom is -0.493 e. The van der Waals surface area contributed by atoms with E-state index in [2.05, 4.69) is 30.4 Å². The van der Waals surface area contributed by atoms with Gasteiger partial charge in [0.2, 0.25) is 0 Å². The van der Waals surface area contributed by atoms with Gasteiger partial charge >= 0.3 is 0 Å². The lowest BCUT2D eigenvalue weighted by Crippen LogP contribution is -2.11. The summed E-state index contributed by atoms with van der Waals surface area (Å²) in [5.41, 5.74) is 3.68. The van der Waals surface area contributed by atoms with Crippen LogP contribution in [0.3, 0.4) is 0 Å². The fourth-order valence-corrected chi connectivity index (χ4v) is 2.33. The summed E-state index contributed by atoms with van der Waals surface area (Å²) in [6.07, 6.45) is 2.76. The molecule has 0 saturated heterocycles. The first-order valence-electron chi connectivity index (χ1n) is 6.41.